The topological polar surface area (TPSA) is 56.1 Å². The third-order valence-corrected chi connectivity index (χ3v) is 6.78. The number of aromatic nitrogens is 2. The number of halogens is 1. The third-order valence-electron chi connectivity index (χ3n) is 6.41. The van der Waals surface area contributed by atoms with Gasteiger partial charge in [-0.15, -0.1) is 0 Å². The number of unbranched alkanes of at least 4 members (excludes halogenated alkanes) is 2. The molecule has 0 aliphatic carbocycles. The van der Waals surface area contributed by atoms with E-state index < -0.39 is 0 Å². The predicted molar refractivity (Wildman–Crippen MR) is 147 cm³/mol. The van der Waals surface area contributed by atoms with Gasteiger partial charge in [0.05, 0.1) is 24.0 Å². The number of carbonyl (C=O) groups is 1. The van der Waals surface area contributed by atoms with E-state index in [1.165, 1.54) is 0 Å². The summed E-state index contributed by atoms with van der Waals surface area (Å²) < 4.78 is 8.46. The van der Waals surface area contributed by atoms with Crippen LogP contribution >= 0.6 is 11.6 Å². The van der Waals surface area contributed by atoms with Crippen molar-refractivity contribution in [2.24, 2.45) is 0 Å². The molecule has 0 radical (unpaired) electrons. The van der Waals surface area contributed by atoms with Crippen LogP contribution in [0.3, 0.4) is 0 Å². The molecule has 1 heterocycles. The molecule has 1 N–H and O–H groups in total. The number of imidazole rings is 1. The summed E-state index contributed by atoms with van der Waals surface area (Å²) in [5.74, 6) is 2.07. The SMILES string of the molecule is Cc1cccc(C)c1OCCn1c(CCCCCNC(=O)Cc2ccccc2Cl)nc2ccccc21. The zero-order valence-corrected chi connectivity index (χ0v) is 21.9. The van der Waals surface area contributed by atoms with Gasteiger partial charge in [-0.2, -0.15) is 0 Å². The molecule has 6 heteroatoms. The largest absolute Gasteiger partial charge is 0.491 e. The first-order valence-electron chi connectivity index (χ1n) is 12.7. The molecule has 0 spiro atoms. The van der Waals surface area contributed by atoms with Gasteiger partial charge in [-0.1, -0.05) is 66.6 Å². The zero-order chi connectivity index (χ0) is 25.3. The Morgan fingerprint density at radius 2 is 1.69 bits per heavy atom. The maximum Gasteiger partial charge on any atom is 0.224 e. The lowest BCUT2D eigenvalue weighted by Crippen LogP contribution is -2.26. The Labute approximate surface area is 218 Å². The second-order valence-electron chi connectivity index (χ2n) is 9.17. The molecular weight excluding hydrogens is 470 g/mol. The van der Waals surface area contributed by atoms with Crippen LogP contribution < -0.4 is 10.1 Å². The molecule has 1 amide bonds. The van der Waals surface area contributed by atoms with Gasteiger partial charge in [-0.05, 0) is 61.6 Å². The zero-order valence-electron chi connectivity index (χ0n) is 21.1. The Balaban J connectivity index is 1.26. The number of ether oxygens (including phenoxy) is 1. The number of amides is 1. The molecule has 188 valence electrons. The maximum absolute atomic E-state index is 12.2. The van der Waals surface area contributed by atoms with E-state index in [-0.39, 0.29) is 5.91 Å². The average molecular weight is 504 g/mol. The third kappa shape index (κ3) is 6.67. The Morgan fingerprint density at radius 1 is 0.944 bits per heavy atom. The lowest BCUT2D eigenvalue weighted by molar-refractivity contribution is -0.120. The van der Waals surface area contributed by atoms with Crippen molar-refractivity contribution in [3.05, 3.63) is 94.3 Å². The minimum absolute atomic E-state index is 0.00813. The molecular formula is C30H34ClN3O2. The summed E-state index contributed by atoms with van der Waals surface area (Å²) in [4.78, 5) is 17.1. The molecule has 0 saturated carbocycles. The Morgan fingerprint density at radius 3 is 2.50 bits per heavy atom. The fraction of sp³-hybridized carbons (Fsp3) is 0.333. The van der Waals surface area contributed by atoms with Crippen LogP contribution in [0.1, 0.15) is 41.8 Å². The summed E-state index contributed by atoms with van der Waals surface area (Å²) in [6.45, 7) is 6.18. The molecule has 5 nitrogen and oxygen atoms in total. The molecule has 4 aromatic rings. The molecule has 4 rings (SSSR count). The summed E-state index contributed by atoms with van der Waals surface area (Å²) >= 11 is 6.15. The van der Waals surface area contributed by atoms with Crippen LogP contribution in [0.2, 0.25) is 5.02 Å². The maximum atomic E-state index is 12.2. The quantitative estimate of drug-likeness (QED) is 0.226. The molecule has 36 heavy (non-hydrogen) atoms. The number of carbonyl (C=O) groups excluding carboxylic acids is 1. The van der Waals surface area contributed by atoms with Crippen molar-refractivity contribution < 1.29 is 9.53 Å². The van der Waals surface area contributed by atoms with Crippen LogP contribution in [0.15, 0.2) is 66.7 Å². The van der Waals surface area contributed by atoms with E-state index in [9.17, 15) is 4.79 Å². The second kappa shape index (κ2) is 12.6. The first-order valence-corrected chi connectivity index (χ1v) is 13.0. The number of nitrogens with zero attached hydrogens (tertiary/aromatic N) is 2. The number of hydrogen-bond donors (Lipinski definition) is 1. The van der Waals surface area contributed by atoms with E-state index in [0.717, 1.165) is 71.5 Å². The number of benzene rings is 3. The van der Waals surface area contributed by atoms with Crippen molar-refractivity contribution in [3.63, 3.8) is 0 Å². The van der Waals surface area contributed by atoms with Crippen molar-refractivity contribution in [1.82, 2.24) is 14.9 Å². The van der Waals surface area contributed by atoms with Crippen molar-refractivity contribution in [2.45, 2.75) is 52.5 Å². The van der Waals surface area contributed by atoms with Gasteiger partial charge in [-0.3, -0.25) is 4.79 Å². The summed E-state index contributed by atoms with van der Waals surface area (Å²) in [6.07, 6.45) is 4.18. The van der Waals surface area contributed by atoms with Crippen LogP contribution in [0.5, 0.6) is 5.75 Å². The lowest BCUT2D eigenvalue weighted by Gasteiger charge is -2.14. The van der Waals surface area contributed by atoms with E-state index in [1.807, 2.05) is 30.3 Å². The summed E-state index contributed by atoms with van der Waals surface area (Å²) in [5.41, 5.74) is 5.34. The van der Waals surface area contributed by atoms with Gasteiger partial charge in [-0.25, -0.2) is 4.98 Å². The lowest BCUT2D eigenvalue weighted by atomic mass is 10.1. The highest BCUT2D eigenvalue weighted by Gasteiger charge is 2.11. The highest BCUT2D eigenvalue weighted by Crippen LogP contribution is 2.23. The molecule has 0 aliphatic heterocycles. The van der Waals surface area contributed by atoms with Crippen molar-refractivity contribution in [1.29, 1.82) is 0 Å². The second-order valence-corrected chi connectivity index (χ2v) is 9.57. The highest BCUT2D eigenvalue weighted by molar-refractivity contribution is 6.31. The Kier molecular flexibility index (Phi) is 9.01. The van der Waals surface area contributed by atoms with Crippen LogP contribution in [0, 0.1) is 13.8 Å². The van der Waals surface area contributed by atoms with Crippen molar-refractivity contribution >= 4 is 28.5 Å². The first kappa shape index (κ1) is 25.8. The highest BCUT2D eigenvalue weighted by atomic mass is 35.5. The number of nitrogens with one attached hydrogen (secondary N) is 1. The van der Waals surface area contributed by atoms with Gasteiger partial charge < -0.3 is 14.6 Å². The number of rotatable bonds is 12. The smallest absolute Gasteiger partial charge is 0.224 e. The van der Waals surface area contributed by atoms with Gasteiger partial charge in [0.2, 0.25) is 5.91 Å². The summed E-state index contributed by atoms with van der Waals surface area (Å²) in [6, 6.07) is 22.0. The first-order chi connectivity index (χ1) is 17.5. The molecule has 0 unspecified atom stereocenters. The van der Waals surface area contributed by atoms with Crippen LogP contribution in [-0.2, 0) is 24.2 Å². The van der Waals surface area contributed by atoms with Crippen LogP contribution in [0.25, 0.3) is 11.0 Å². The molecule has 0 bridgehead atoms. The van der Waals surface area contributed by atoms with E-state index in [4.69, 9.17) is 21.3 Å². The average Bonchev–Trinajstić information content (AvgIpc) is 3.22. The van der Waals surface area contributed by atoms with E-state index >= 15 is 0 Å². The molecule has 3 aromatic carbocycles. The molecule has 0 fully saturated rings. The van der Waals surface area contributed by atoms with Gasteiger partial charge >= 0.3 is 0 Å². The van der Waals surface area contributed by atoms with E-state index in [1.54, 1.807) is 0 Å². The Bertz CT molecular complexity index is 1290. The number of aryl methyl sites for hydroxylation is 3. The van der Waals surface area contributed by atoms with Crippen LogP contribution in [0.4, 0.5) is 0 Å². The standard InChI is InChI=1S/C30H34ClN3O2/c1-22-11-10-12-23(2)30(22)36-20-19-34-27-16-8-7-15-26(27)33-28(34)17-4-3-9-18-32-29(35)21-24-13-5-6-14-25(24)31/h5-8,10-16H,3-4,9,17-21H2,1-2H3,(H,32,35). The minimum atomic E-state index is 0.00813. The van der Waals surface area contributed by atoms with Gasteiger partial charge in [0, 0.05) is 18.0 Å². The number of hydrogen-bond acceptors (Lipinski definition) is 3. The minimum Gasteiger partial charge on any atom is -0.491 e. The van der Waals surface area contributed by atoms with Gasteiger partial charge in [0.15, 0.2) is 0 Å². The fourth-order valence-corrected chi connectivity index (χ4v) is 4.72. The normalized spacial score (nSPS) is 11.1. The van der Waals surface area contributed by atoms with Gasteiger partial charge in [0.25, 0.3) is 0 Å². The van der Waals surface area contributed by atoms with Crippen LogP contribution in [-0.4, -0.2) is 28.6 Å². The molecule has 0 aliphatic rings. The van der Waals surface area contributed by atoms with E-state index in [0.29, 0.717) is 24.6 Å². The number of para-hydroxylation sites is 3. The fourth-order valence-electron chi connectivity index (χ4n) is 4.52. The van der Waals surface area contributed by atoms with Crippen molar-refractivity contribution in [2.75, 3.05) is 13.2 Å². The summed E-state index contributed by atoms with van der Waals surface area (Å²) in [7, 11) is 0. The number of fused-ring (bicyclic) bond motifs is 1. The molecule has 0 atom stereocenters. The molecule has 0 saturated heterocycles. The summed E-state index contributed by atoms with van der Waals surface area (Å²) in [5, 5.41) is 3.64. The predicted octanol–water partition coefficient (Wildman–Crippen LogP) is 6.46. The van der Waals surface area contributed by atoms with Crippen molar-refractivity contribution in [3.8, 4) is 5.75 Å². The van der Waals surface area contributed by atoms with Gasteiger partial charge in [0.1, 0.15) is 18.2 Å². The van der Waals surface area contributed by atoms with E-state index in [2.05, 4.69) is 60.1 Å². The monoisotopic (exact) mass is 503 g/mol. The Hall–Kier alpha value is -3.31. The molecule has 1 aromatic heterocycles.